The van der Waals surface area contributed by atoms with Gasteiger partial charge in [-0.3, -0.25) is 4.57 Å². The molecule has 1 heterocycles. The van der Waals surface area contributed by atoms with Gasteiger partial charge < -0.3 is 0 Å². The fraction of sp³-hybridized carbons (Fsp3) is 0.333. The normalized spacial score (nSPS) is 20.9. The standard InChI is InChI=1S/C12H11Cl2N3S/c13-12(14)6-9(12)7-18-11-16-15-8-17(11)10-4-2-1-3-5-10/h1-5,8-9H,6-7H2. The Morgan fingerprint density at radius 2 is 2.06 bits per heavy atom. The van der Waals surface area contributed by atoms with Gasteiger partial charge in [-0.1, -0.05) is 30.0 Å². The number of benzene rings is 1. The van der Waals surface area contributed by atoms with E-state index in [1.165, 1.54) is 0 Å². The summed E-state index contributed by atoms with van der Waals surface area (Å²) in [6, 6.07) is 10.0. The molecular formula is C12H11Cl2N3S. The molecule has 1 saturated carbocycles. The van der Waals surface area contributed by atoms with Gasteiger partial charge in [0.05, 0.1) is 0 Å². The van der Waals surface area contributed by atoms with Gasteiger partial charge in [0.2, 0.25) is 0 Å². The van der Waals surface area contributed by atoms with Crippen LogP contribution < -0.4 is 0 Å². The molecule has 0 spiro atoms. The molecule has 1 aromatic carbocycles. The SMILES string of the molecule is ClC1(Cl)CC1CSc1nncn1-c1ccccc1. The van der Waals surface area contributed by atoms with Crippen LogP contribution in [0.2, 0.25) is 0 Å². The van der Waals surface area contributed by atoms with Gasteiger partial charge in [0.1, 0.15) is 10.7 Å². The molecule has 3 nitrogen and oxygen atoms in total. The third kappa shape index (κ3) is 2.51. The zero-order chi connectivity index (χ0) is 12.6. The molecule has 0 amide bonds. The molecule has 1 fully saturated rings. The van der Waals surface area contributed by atoms with Crippen LogP contribution in [-0.4, -0.2) is 24.9 Å². The molecule has 0 radical (unpaired) electrons. The van der Waals surface area contributed by atoms with Crippen LogP contribution in [0.5, 0.6) is 0 Å². The molecule has 0 bridgehead atoms. The minimum absolute atomic E-state index is 0.353. The average Bonchev–Trinajstić information content (AvgIpc) is 2.78. The second-order valence-corrected chi connectivity index (χ2v) is 6.82. The number of aromatic nitrogens is 3. The van der Waals surface area contributed by atoms with E-state index in [0.29, 0.717) is 5.92 Å². The second-order valence-electron chi connectivity index (χ2n) is 4.29. The summed E-state index contributed by atoms with van der Waals surface area (Å²) in [5, 5.41) is 8.96. The zero-order valence-electron chi connectivity index (χ0n) is 9.46. The first-order chi connectivity index (χ1) is 8.67. The molecule has 1 aliphatic carbocycles. The second kappa shape index (κ2) is 4.76. The number of hydrogen-bond donors (Lipinski definition) is 0. The number of para-hydroxylation sites is 1. The summed E-state index contributed by atoms with van der Waals surface area (Å²) >= 11 is 13.7. The quantitative estimate of drug-likeness (QED) is 0.639. The molecule has 18 heavy (non-hydrogen) atoms. The fourth-order valence-electron chi connectivity index (χ4n) is 1.71. The van der Waals surface area contributed by atoms with E-state index in [1.807, 2.05) is 34.9 Å². The van der Waals surface area contributed by atoms with Crippen molar-refractivity contribution in [3.05, 3.63) is 36.7 Å². The first-order valence-corrected chi connectivity index (χ1v) is 7.37. The number of alkyl halides is 2. The van der Waals surface area contributed by atoms with Gasteiger partial charge in [0.15, 0.2) is 5.16 Å². The van der Waals surface area contributed by atoms with Crippen LogP contribution >= 0.6 is 35.0 Å². The third-order valence-corrected chi connectivity index (χ3v) is 4.95. The predicted molar refractivity (Wildman–Crippen MR) is 74.6 cm³/mol. The van der Waals surface area contributed by atoms with Crippen molar-refractivity contribution in [3.8, 4) is 5.69 Å². The maximum absolute atomic E-state index is 6.01. The predicted octanol–water partition coefficient (Wildman–Crippen LogP) is 3.55. The molecule has 0 N–H and O–H groups in total. The van der Waals surface area contributed by atoms with E-state index >= 15 is 0 Å². The van der Waals surface area contributed by atoms with E-state index in [-0.39, 0.29) is 0 Å². The summed E-state index contributed by atoms with van der Waals surface area (Å²) in [5.74, 6) is 1.23. The molecule has 1 unspecified atom stereocenters. The molecule has 3 rings (SSSR count). The average molecular weight is 300 g/mol. The van der Waals surface area contributed by atoms with Crippen molar-refractivity contribution in [1.82, 2.24) is 14.8 Å². The Morgan fingerprint density at radius 1 is 1.33 bits per heavy atom. The number of rotatable bonds is 4. The lowest BCUT2D eigenvalue weighted by atomic mass is 10.3. The van der Waals surface area contributed by atoms with Crippen molar-refractivity contribution in [3.63, 3.8) is 0 Å². The van der Waals surface area contributed by atoms with Crippen molar-refractivity contribution in [1.29, 1.82) is 0 Å². The van der Waals surface area contributed by atoms with Crippen LogP contribution in [0.4, 0.5) is 0 Å². The topological polar surface area (TPSA) is 30.7 Å². The van der Waals surface area contributed by atoms with Gasteiger partial charge >= 0.3 is 0 Å². The molecule has 1 aromatic heterocycles. The first-order valence-electron chi connectivity index (χ1n) is 5.63. The Hall–Kier alpha value is -0.710. The number of halogens is 2. The lowest BCUT2D eigenvalue weighted by Gasteiger charge is -2.05. The highest BCUT2D eigenvalue weighted by molar-refractivity contribution is 7.99. The molecule has 94 valence electrons. The van der Waals surface area contributed by atoms with Crippen molar-refractivity contribution in [2.24, 2.45) is 5.92 Å². The number of thioether (sulfide) groups is 1. The van der Waals surface area contributed by atoms with Crippen LogP contribution in [-0.2, 0) is 0 Å². The fourth-order valence-corrected chi connectivity index (χ4v) is 3.57. The Bertz CT molecular complexity index is 541. The highest BCUT2D eigenvalue weighted by atomic mass is 35.5. The molecule has 6 heteroatoms. The van der Waals surface area contributed by atoms with Gasteiger partial charge in [-0.15, -0.1) is 33.4 Å². The summed E-state index contributed by atoms with van der Waals surface area (Å²) in [7, 11) is 0. The van der Waals surface area contributed by atoms with Crippen molar-refractivity contribution in [2.45, 2.75) is 15.9 Å². The van der Waals surface area contributed by atoms with E-state index < -0.39 is 4.33 Å². The maximum Gasteiger partial charge on any atom is 0.195 e. The minimum Gasteiger partial charge on any atom is -0.277 e. The summed E-state index contributed by atoms with van der Waals surface area (Å²) in [4.78, 5) is 0. The van der Waals surface area contributed by atoms with Crippen LogP contribution in [0.25, 0.3) is 5.69 Å². The Balaban J connectivity index is 1.72. The number of hydrogen-bond acceptors (Lipinski definition) is 3. The van der Waals surface area contributed by atoms with Crippen LogP contribution in [0.15, 0.2) is 41.8 Å². The van der Waals surface area contributed by atoms with E-state index in [1.54, 1.807) is 18.1 Å². The molecule has 0 saturated heterocycles. The van der Waals surface area contributed by atoms with E-state index in [4.69, 9.17) is 23.2 Å². The van der Waals surface area contributed by atoms with Crippen LogP contribution in [0.3, 0.4) is 0 Å². The summed E-state index contributed by atoms with van der Waals surface area (Å²) in [6.07, 6.45) is 2.59. The van der Waals surface area contributed by atoms with Crippen LogP contribution in [0, 0.1) is 5.92 Å². The van der Waals surface area contributed by atoms with Gasteiger partial charge in [-0.05, 0) is 18.6 Å². The maximum atomic E-state index is 6.01. The first kappa shape index (κ1) is 12.3. The van der Waals surface area contributed by atoms with E-state index in [2.05, 4.69) is 10.2 Å². The van der Waals surface area contributed by atoms with Gasteiger partial charge in [-0.2, -0.15) is 0 Å². The third-order valence-electron chi connectivity index (χ3n) is 2.92. The Kier molecular flexibility index (Phi) is 3.26. The largest absolute Gasteiger partial charge is 0.277 e. The highest BCUT2D eigenvalue weighted by Crippen LogP contribution is 2.54. The van der Waals surface area contributed by atoms with Gasteiger partial charge in [-0.25, -0.2) is 0 Å². The zero-order valence-corrected chi connectivity index (χ0v) is 11.8. The van der Waals surface area contributed by atoms with E-state index in [0.717, 1.165) is 23.0 Å². The van der Waals surface area contributed by atoms with Gasteiger partial charge in [0, 0.05) is 17.4 Å². The summed E-state index contributed by atoms with van der Waals surface area (Å²) in [6.45, 7) is 0. The minimum atomic E-state index is -0.523. The molecule has 2 aromatic rings. The van der Waals surface area contributed by atoms with Crippen molar-refractivity contribution in [2.75, 3.05) is 5.75 Å². The molecule has 0 aliphatic heterocycles. The Morgan fingerprint density at radius 3 is 2.72 bits per heavy atom. The summed E-state index contributed by atoms with van der Waals surface area (Å²) in [5.41, 5.74) is 1.06. The van der Waals surface area contributed by atoms with Gasteiger partial charge in [0.25, 0.3) is 0 Å². The lowest BCUT2D eigenvalue weighted by Crippen LogP contribution is -1.98. The molecule has 1 aliphatic rings. The highest BCUT2D eigenvalue weighted by Gasteiger charge is 2.51. The Labute approximate surface area is 119 Å². The molecule has 1 atom stereocenters. The number of nitrogens with zero attached hydrogens (tertiary/aromatic N) is 3. The monoisotopic (exact) mass is 299 g/mol. The van der Waals surface area contributed by atoms with E-state index in [9.17, 15) is 0 Å². The summed E-state index contributed by atoms with van der Waals surface area (Å²) < 4.78 is 1.45. The van der Waals surface area contributed by atoms with Crippen molar-refractivity contribution < 1.29 is 0 Å². The van der Waals surface area contributed by atoms with Crippen molar-refractivity contribution >= 4 is 35.0 Å². The molecular weight excluding hydrogens is 289 g/mol. The smallest absolute Gasteiger partial charge is 0.195 e. The lowest BCUT2D eigenvalue weighted by molar-refractivity contribution is 0.875. The van der Waals surface area contributed by atoms with Crippen LogP contribution in [0.1, 0.15) is 6.42 Å².